The Bertz CT molecular complexity index is 1690. The summed E-state index contributed by atoms with van der Waals surface area (Å²) in [5.41, 5.74) is -0.302. The molecule has 0 unspecified atom stereocenters. The van der Waals surface area contributed by atoms with Crippen LogP contribution in [0.15, 0.2) is 47.6 Å². The summed E-state index contributed by atoms with van der Waals surface area (Å²) in [6.45, 7) is 3.07. The second-order valence-electron chi connectivity index (χ2n) is 11.1. The Hall–Kier alpha value is -4.94. The van der Waals surface area contributed by atoms with Gasteiger partial charge in [0.05, 0.1) is 24.2 Å². The number of carbonyl (C=O) groups is 6. The predicted molar refractivity (Wildman–Crippen MR) is 143 cm³/mol. The number of esters is 1. The van der Waals surface area contributed by atoms with Gasteiger partial charge in [-0.3, -0.25) is 24.0 Å². The first-order valence-electron chi connectivity index (χ1n) is 13.0. The van der Waals surface area contributed by atoms with Gasteiger partial charge in [0.2, 0.25) is 11.7 Å². The van der Waals surface area contributed by atoms with Gasteiger partial charge in [-0.1, -0.05) is 0 Å². The first-order valence-corrected chi connectivity index (χ1v) is 13.0. The normalized spacial score (nSPS) is 25.6. The molecule has 0 bridgehead atoms. The van der Waals surface area contributed by atoms with Gasteiger partial charge in [0.25, 0.3) is 11.8 Å². The lowest BCUT2D eigenvalue weighted by molar-refractivity contribution is -0.150. The van der Waals surface area contributed by atoms with Crippen LogP contribution in [0.1, 0.15) is 41.2 Å². The maximum absolute atomic E-state index is 13.8. The van der Waals surface area contributed by atoms with Crippen molar-refractivity contribution in [3.63, 3.8) is 0 Å². The smallest absolute Gasteiger partial charge is 0.339 e. The van der Waals surface area contributed by atoms with E-state index < -0.39 is 34.4 Å². The molecule has 3 amide bonds. The van der Waals surface area contributed by atoms with Crippen LogP contribution in [0.25, 0.3) is 0 Å². The highest BCUT2D eigenvalue weighted by Crippen LogP contribution is 2.70. The highest BCUT2D eigenvalue weighted by atomic mass is 16.5. The topological polar surface area (TPSA) is 161 Å². The van der Waals surface area contributed by atoms with E-state index in [1.165, 1.54) is 31.9 Å². The number of nitrogens with zero attached hydrogens (tertiary/aromatic N) is 3. The molecule has 13 heteroatoms. The van der Waals surface area contributed by atoms with Gasteiger partial charge < -0.3 is 34.7 Å². The van der Waals surface area contributed by atoms with Crippen LogP contribution < -0.4 is 16.0 Å². The Morgan fingerprint density at radius 2 is 1.66 bits per heavy atom. The number of anilines is 2. The summed E-state index contributed by atoms with van der Waals surface area (Å²) in [4.78, 5) is 78.7. The minimum Gasteiger partial charge on any atom is -0.467 e. The summed E-state index contributed by atoms with van der Waals surface area (Å²) in [7, 11) is 4.52. The molecule has 13 nitrogen and oxygen atoms in total. The number of likely N-dealkylation sites (tertiary alicyclic amines) is 1. The highest BCUT2D eigenvalue weighted by Gasteiger charge is 2.73. The lowest BCUT2D eigenvalue weighted by Crippen LogP contribution is -2.52. The molecule has 1 saturated carbocycles. The number of piperidine rings is 1. The van der Waals surface area contributed by atoms with Crippen molar-refractivity contribution < 1.29 is 33.5 Å². The van der Waals surface area contributed by atoms with E-state index >= 15 is 0 Å². The fourth-order valence-electron chi connectivity index (χ4n) is 6.38. The lowest BCUT2D eigenvalue weighted by atomic mass is 9.80. The van der Waals surface area contributed by atoms with Gasteiger partial charge >= 0.3 is 5.97 Å². The van der Waals surface area contributed by atoms with Crippen molar-refractivity contribution in [3.8, 4) is 0 Å². The second kappa shape index (κ2) is 8.53. The Kier molecular flexibility index (Phi) is 5.47. The van der Waals surface area contributed by atoms with Crippen LogP contribution in [0.3, 0.4) is 0 Å². The molecule has 41 heavy (non-hydrogen) atoms. The monoisotopic (exact) mass is 560 g/mol. The largest absolute Gasteiger partial charge is 0.467 e. The number of rotatable bonds is 5. The number of hydrogen-bond donors (Lipinski definition) is 3. The Morgan fingerprint density at radius 3 is 2.32 bits per heavy atom. The Balaban J connectivity index is 1.24. The number of aromatic nitrogens is 2. The van der Waals surface area contributed by atoms with E-state index in [0.29, 0.717) is 35.7 Å². The molecule has 4 aliphatic rings. The van der Waals surface area contributed by atoms with Gasteiger partial charge in [0.1, 0.15) is 11.4 Å². The summed E-state index contributed by atoms with van der Waals surface area (Å²) in [5, 5.41) is 8.22. The van der Waals surface area contributed by atoms with E-state index in [1.807, 2.05) is 0 Å². The number of methoxy groups -OCH3 is 1. The van der Waals surface area contributed by atoms with Crippen molar-refractivity contribution >= 4 is 46.6 Å². The SMILES string of the molecule is COC(=O)[C@@]1(C)NC2=C(C1=O)[C@]13C[C@H]1CN(C(=O)c1cc(NC(=O)c4cc(NC(C)=O)cn4C)cn1C)C3=CC2=O. The first kappa shape index (κ1) is 26.3. The summed E-state index contributed by atoms with van der Waals surface area (Å²) < 4.78 is 7.98. The number of nitrogens with one attached hydrogen (secondary N) is 3. The summed E-state index contributed by atoms with van der Waals surface area (Å²) >= 11 is 0. The highest BCUT2D eigenvalue weighted by molar-refractivity contribution is 6.26. The molecule has 2 aromatic heterocycles. The van der Waals surface area contributed by atoms with Gasteiger partial charge in [-0.05, 0) is 31.4 Å². The van der Waals surface area contributed by atoms with E-state index in [1.54, 1.807) is 47.8 Å². The van der Waals surface area contributed by atoms with Crippen LogP contribution in [0.5, 0.6) is 0 Å². The zero-order chi connectivity index (χ0) is 29.6. The summed E-state index contributed by atoms with van der Waals surface area (Å²) in [6.07, 6.45) is 5.18. The van der Waals surface area contributed by atoms with Crippen LogP contribution in [0.2, 0.25) is 0 Å². The average Bonchev–Trinajstić information content (AvgIpc) is 3.18. The Labute approximate surface area is 234 Å². The summed E-state index contributed by atoms with van der Waals surface area (Å²) in [6, 6.07) is 3.09. The number of aryl methyl sites for hydroxylation is 2. The molecule has 2 aliphatic carbocycles. The van der Waals surface area contributed by atoms with Crippen molar-refractivity contribution in [2.24, 2.45) is 25.4 Å². The Morgan fingerprint density at radius 1 is 1.02 bits per heavy atom. The fraction of sp³-hybridized carbons (Fsp3) is 0.357. The molecule has 212 valence electrons. The van der Waals surface area contributed by atoms with Crippen LogP contribution in [0, 0.1) is 11.3 Å². The van der Waals surface area contributed by atoms with Crippen molar-refractivity contribution in [1.29, 1.82) is 0 Å². The van der Waals surface area contributed by atoms with E-state index in [9.17, 15) is 28.8 Å². The van der Waals surface area contributed by atoms with Gasteiger partial charge in [-0.15, -0.1) is 0 Å². The van der Waals surface area contributed by atoms with Gasteiger partial charge in [-0.2, -0.15) is 0 Å². The van der Waals surface area contributed by atoms with Crippen LogP contribution in [-0.4, -0.2) is 68.5 Å². The summed E-state index contributed by atoms with van der Waals surface area (Å²) in [5.74, 6) is -2.93. The predicted octanol–water partition coefficient (Wildman–Crippen LogP) is 0.861. The van der Waals surface area contributed by atoms with Gasteiger partial charge in [0.15, 0.2) is 11.3 Å². The molecule has 2 fully saturated rings. The molecular weight excluding hydrogens is 532 g/mol. The van der Waals surface area contributed by atoms with Crippen molar-refractivity contribution in [2.75, 3.05) is 24.3 Å². The molecule has 2 aliphatic heterocycles. The minimum absolute atomic E-state index is 0.0730. The van der Waals surface area contributed by atoms with Gasteiger partial charge in [0, 0.05) is 62.7 Å². The molecule has 3 atom stereocenters. The van der Waals surface area contributed by atoms with Crippen molar-refractivity contribution in [1.82, 2.24) is 19.4 Å². The third kappa shape index (κ3) is 3.61. The first-order chi connectivity index (χ1) is 19.3. The number of ketones is 2. The second-order valence-corrected chi connectivity index (χ2v) is 11.1. The third-order valence-corrected chi connectivity index (χ3v) is 8.40. The number of Topliss-reactive ketones (excluding diaryl/α,β-unsaturated/α-hetero) is 1. The molecular formula is C28H28N6O7. The van der Waals surface area contributed by atoms with E-state index in [4.69, 9.17) is 4.74 Å². The van der Waals surface area contributed by atoms with E-state index in [2.05, 4.69) is 16.0 Å². The van der Waals surface area contributed by atoms with Crippen LogP contribution in [0.4, 0.5) is 11.4 Å². The standard InChI is InChI=1S/C28H28N6O7/c1-13(35)29-15-6-17(32(3)11-15)24(38)30-16-7-18(33(4)12-16)25(39)34-10-14-9-28(14)20(34)8-19(36)22-21(28)23(37)27(2,31-22)26(40)41-5/h6-8,11-12,14,31H,9-10H2,1-5H3,(H,29,35)(H,30,38)/t14-,27-,28+/m0/s1. The molecule has 2 aromatic rings. The van der Waals surface area contributed by atoms with Gasteiger partial charge in [-0.25, -0.2) is 4.79 Å². The molecule has 3 N–H and O–H groups in total. The molecule has 1 saturated heterocycles. The number of ether oxygens (including phenoxy) is 1. The number of amides is 3. The number of hydrogen-bond acceptors (Lipinski definition) is 8. The average molecular weight is 561 g/mol. The van der Waals surface area contributed by atoms with E-state index in [-0.39, 0.29) is 34.7 Å². The molecule has 4 heterocycles. The zero-order valence-corrected chi connectivity index (χ0v) is 23.1. The molecule has 6 rings (SSSR count). The quantitative estimate of drug-likeness (QED) is 0.359. The lowest BCUT2D eigenvalue weighted by Gasteiger charge is -2.28. The zero-order valence-electron chi connectivity index (χ0n) is 23.1. The maximum Gasteiger partial charge on any atom is 0.339 e. The van der Waals surface area contributed by atoms with Crippen LogP contribution in [-0.2, 0) is 38.0 Å². The number of carbonyl (C=O) groups excluding carboxylic acids is 6. The van der Waals surface area contributed by atoms with E-state index in [0.717, 1.165) is 0 Å². The van der Waals surface area contributed by atoms with Crippen molar-refractivity contribution in [2.45, 2.75) is 25.8 Å². The van der Waals surface area contributed by atoms with Crippen LogP contribution >= 0.6 is 0 Å². The molecule has 1 spiro atoms. The minimum atomic E-state index is -1.70. The maximum atomic E-state index is 13.8. The van der Waals surface area contributed by atoms with Crippen molar-refractivity contribution in [3.05, 3.63) is 59.0 Å². The third-order valence-electron chi connectivity index (χ3n) is 8.40. The molecule has 0 aromatic carbocycles. The number of allylic oxidation sites excluding steroid dienone is 2. The molecule has 0 radical (unpaired) electrons. The fourth-order valence-corrected chi connectivity index (χ4v) is 6.38.